The van der Waals surface area contributed by atoms with Crippen LogP contribution in [-0.4, -0.2) is 85.5 Å². The summed E-state index contributed by atoms with van der Waals surface area (Å²) in [5.41, 5.74) is 14.9. The maximum absolute atomic E-state index is 10.1. The van der Waals surface area contributed by atoms with Crippen molar-refractivity contribution in [3.8, 4) is 0 Å². The predicted octanol–water partition coefficient (Wildman–Crippen LogP) is -2.10. The minimum atomic E-state index is -1.29. The molecule has 27 heavy (non-hydrogen) atoms. The van der Waals surface area contributed by atoms with E-state index in [0.717, 1.165) is 5.75 Å². The minimum absolute atomic E-state index is 0.532. The van der Waals surface area contributed by atoms with Crippen LogP contribution in [0.2, 0.25) is 0 Å². The highest BCUT2D eigenvalue weighted by molar-refractivity contribution is 7.98. The molecule has 0 saturated heterocycles. The first-order valence-electron chi connectivity index (χ1n) is 7.13. The van der Waals surface area contributed by atoms with Gasteiger partial charge >= 0.3 is 29.8 Å². The van der Waals surface area contributed by atoms with Gasteiger partial charge in [0.1, 0.15) is 18.1 Å². The molecule has 0 rings (SSSR count). The topological polar surface area (TPSA) is 265 Å². The zero-order valence-electron chi connectivity index (χ0n) is 14.5. The standard InChI is InChI=1S/C5H11NO2S.2C4H7NO4/c1-9-3-2-4(6)5(7)8;2*5-2(4(8)9)1-3(6)7/h4H,2-3,6H2,1H3,(H,7,8);2*2H,1,5H2,(H,6,7)(H,8,9)/t4-;2*2-/m000/s1. The highest BCUT2D eigenvalue weighted by atomic mass is 32.2. The second kappa shape index (κ2) is 17.0. The second-order valence-electron chi connectivity index (χ2n) is 4.81. The average Bonchev–Trinajstić information content (AvgIpc) is 2.52. The summed E-state index contributed by atoms with van der Waals surface area (Å²) in [4.78, 5) is 49.3. The fraction of sp³-hybridized carbons (Fsp3) is 0.615. The van der Waals surface area contributed by atoms with Crippen molar-refractivity contribution in [2.24, 2.45) is 17.2 Å². The van der Waals surface area contributed by atoms with Gasteiger partial charge in [0.2, 0.25) is 0 Å². The molecule has 3 atom stereocenters. The van der Waals surface area contributed by atoms with Gasteiger partial charge < -0.3 is 42.7 Å². The molecule has 0 saturated carbocycles. The molecule has 0 radical (unpaired) electrons. The van der Waals surface area contributed by atoms with Crippen LogP contribution < -0.4 is 17.2 Å². The molecule has 0 unspecified atom stereocenters. The fourth-order valence-corrected chi connectivity index (χ4v) is 1.41. The number of rotatable bonds is 10. The van der Waals surface area contributed by atoms with Crippen LogP contribution >= 0.6 is 11.8 Å². The Bertz CT molecular complexity index is 471. The number of nitrogens with two attached hydrogens (primary N) is 3. The van der Waals surface area contributed by atoms with E-state index in [1.165, 1.54) is 0 Å². The van der Waals surface area contributed by atoms with E-state index in [9.17, 15) is 24.0 Å². The molecule has 11 N–H and O–H groups in total. The van der Waals surface area contributed by atoms with E-state index in [-0.39, 0.29) is 0 Å². The van der Waals surface area contributed by atoms with Gasteiger partial charge in [-0.1, -0.05) is 0 Å². The molecule has 0 spiro atoms. The van der Waals surface area contributed by atoms with Crippen LogP contribution in [0.3, 0.4) is 0 Å². The molecule has 0 aliphatic rings. The Kier molecular flexibility index (Phi) is 18.5. The highest BCUT2D eigenvalue weighted by Crippen LogP contribution is 1.97. The summed E-state index contributed by atoms with van der Waals surface area (Å²) in [5, 5.41) is 40.3. The molecule has 0 amide bonds. The Labute approximate surface area is 158 Å². The summed E-state index contributed by atoms with van der Waals surface area (Å²) in [6.45, 7) is 0. The molecule has 14 heteroatoms. The van der Waals surface area contributed by atoms with Gasteiger partial charge in [0.25, 0.3) is 0 Å². The van der Waals surface area contributed by atoms with Crippen molar-refractivity contribution < 1.29 is 49.5 Å². The Morgan fingerprint density at radius 3 is 1.15 bits per heavy atom. The lowest BCUT2D eigenvalue weighted by atomic mass is 10.2. The molecule has 0 aliphatic heterocycles. The Morgan fingerprint density at radius 2 is 1.00 bits per heavy atom. The molecular weight excluding hydrogens is 390 g/mol. The quantitative estimate of drug-likeness (QED) is 0.190. The lowest BCUT2D eigenvalue weighted by molar-refractivity contribution is -0.144. The van der Waals surface area contributed by atoms with Crippen LogP contribution in [0.4, 0.5) is 0 Å². The molecule has 0 heterocycles. The molecule has 0 aromatic rings. The largest absolute Gasteiger partial charge is 0.481 e. The van der Waals surface area contributed by atoms with Crippen molar-refractivity contribution in [1.82, 2.24) is 0 Å². The first-order valence-corrected chi connectivity index (χ1v) is 8.53. The molecule has 0 aromatic carbocycles. The summed E-state index contributed by atoms with van der Waals surface area (Å²) < 4.78 is 0. The molecule has 13 nitrogen and oxygen atoms in total. The van der Waals surface area contributed by atoms with E-state index in [0.29, 0.717) is 6.42 Å². The molecule has 0 aliphatic carbocycles. The molecule has 0 bridgehead atoms. The van der Waals surface area contributed by atoms with Crippen molar-refractivity contribution in [3.05, 3.63) is 0 Å². The van der Waals surface area contributed by atoms with Crippen LogP contribution in [0, 0.1) is 0 Å². The summed E-state index contributed by atoms with van der Waals surface area (Å²) >= 11 is 1.60. The fourth-order valence-electron chi connectivity index (χ4n) is 0.919. The van der Waals surface area contributed by atoms with Crippen LogP contribution in [0.5, 0.6) is 0 Å². The number of hydrogen-bond acceptors (Lipinski definition) is 9. The zero-order valence-corrected chi connectivity index (χ0v) is 15.3. The van der Waals surface area contributed by atoms with Crippen LogP contribution in [-0.2, 0) is 24.0 Å². The van der Waals surface area contributed by atoms with Crippen molar-refractivity contribution >= 4 is 41.6 Å². The number of thioether (sulfide) groups is 1. The molecular formula is C13H25N3O10S. The lowest BCUT2D eigenvalue weighted by Gasteiger charge is -2.02. The number of carboxylic acids is 5. The van der Waals surface area contributed by atoms with Crippen LogP contribution in [0.25, 0.3) is 0 Å². The maximum atomic E-state index is 10.1. The van der Waals surface area contributed by atoms with Crippen molar-refractivity contribution in [1.29, 1.82) is 0 Å². The van der Waals surface area contributed by atoms with Gasteiger partial charge in [0, 0.05) is 0 Å². The summed E-state index contributed by atoms with van der Waals surface area (Å²) in [6.07, 6.45) is 1.41. The predicted molar refractivity (Wildman–Crippen MR) is 94.3 cm³/mol. The third-order valence-corrected chi connectivity index (χ3v) is 3.02. The third-order valence-electron chi connectivity index (χ3n) is 2.37. The Hall–Kier alpha value is -2.42. The van der Waals surface area contributed by atoms with Gasteiger partial charge in [-0.25, -0.2) is 0 Å². The van der Waals surface area contributed by atoms with Gasteiger partial charge in [-0.05, 0) is 18.4 Å². The van der Waals surface area contributed by atoms with Gasteiger partial charge in [-0.15, -0.1) is 0 Å². The average molecular weight is 415 g/mol. The van der Waals surface area contributed by atoms with E-state index in [2.05, 4.69) is 0 Å². The highest BCUT2D eigenvalue weighted by Gasteiger charge is 2.15. The Balaban J connectivity index is -0.000000320. The SMILES string of the molecule is CSCC[C@H](N)C(=O)O.N[C@@H](CC(=O)O)C(=O)O.N[C@@H](CC(=O)O)C(=O)O. The van der Waals surface area contributed by atoms with E-state index >= 15 is 0 Å². The van der Waals surface area contributed by atoms with Crippen LogP contribution in [0.15, 0.2) is 0 Å². The number of carboxylic acid groups (broad SMARTS) is 5. The van der Waals surface area contributed by atoms with Gasteiger partial charge in [0.15, 0.2) is 0 Å². The Morgan fingerprint density at radius 1 is 0.704 bits per heavy atom. The second-order valence-corrected chi connectivity index (χ2v) is 5.80. The molecule has 0 fully saturated rings. The summed E-state index contributed by atoms with van der Waals surface area (Å²) in [6, 6.07) is -3.26. The maximum Gasteiger partial charge on any atom is 0.321 e. The van der Waals surface area contributed by atoms with E-state index in [1.54, 1.807) is 11.8 Å². The molecule has 158 valence electrons. The first kappa shape index (κ1) is 29.3. The van der Waals surface area contributed by atoms with E-state index < -0.39 is 60.8 Å². The number of hydrogen-bond donors (Lipinski definition) is 8. The third kappa shape index (κ3) is 23.6. The van der Waals surface area contributed by atoms with Crippen molar-refractivity contribution in [2.75, 3.05) is 12.0 Å². The van der Waals surface area contributed by atoms with E-state index in [1.807, 2.05) is 6.26 Å². The molecule has 0 aromatic heterocycles. The van der Waals surface area contributed by atoms with E-state index in [4.69, 9.17) is 42.7 Å². The monoisotopic (exact) mass is 415 g/mol. The normalized spacial score (nSPS) is 12.7. The van der Waals surface area contributed by atoms with Gasteiger partial charge in [-0.3, -0.25) is 24.0 Å². The van der Waals surface area contributed by atoms with Gasteiger partial charge in [-0.2, -0.15) is 11.8 Å². The zero-order chi connectivity index (χ0) is 22.2. The number of aliphatic carboxylic acids is 5. The first-order chi connectivity index (χ1) is 12.3. The smallest absolute Gasteiger partial charge is 0.321 e. The van der Waals surface area contributed by atoms with Crippen molar-refractivity contribution in [2.45, 2.75) is 37.4 Å². The lowest BCUT2D eigenvalue weighted by Crippen LogP contribution is -2.32. The number of carbonyl (C=O) groups is 5. The van der Waals surface area contributed by atoms with Crippen molar-refractivity contribution in [3.63, 3.8) is 0 Å². The van der Waals surface area contributed by atoms with Gasteiger partial charge in [0.05, 0.1) is 12.8 Å². The van der Waals surface area contributed by atoms with Crippen LogP contribution in [0.1, 0.15) is 19.3 Å². The summed E-state index contributed by atoms with van der Waals surface area (Å²) in [5.74, 6) is -5.10. The minimum Gasteiger partial charge on any atom is -0.481 e. The summed E-state index contributed by atoms with van der Waals surface area (Å²) in [7, 11) is 0.